The van der Waals surface area contributed by atoms with E-state index in [1.165, 1.54) is 22.4 Å². The van der Waals surface area contributed by atoms with E-state index in [4.69, 9.17) is 0 Å². The summed E-state index contributed by atoms with van der Waals surface area (Å²) in [4.78, 5) is 29.5. The molecule has 6 nitrogen and oxygen atoms in total. The summed E-state index contributed by atoms with van der Waals surface area (Å²) in [5.74, 6) is -0.230. The third-order valence-corrected chi connectivity index (χ3v) is 6.40. The number of rotatable bonds is 7. The van der Waals surface area contributed by atoms with Crippen molar-refractivity contribution in [3.05, 3.63) is 62.7 Å². The van der Waals surface area contributed by atoms with E-state index >= 15 is 0 Å². The van der Waals surface area contributed by atoms with Gasteiger partial charge in [-0.05, 0) is 49.9 Å². The maximum Gasteiger partial charge on any atom is 0.274 e. The van der Waals surface area contributed by atoms with Gasteiger partial charge in [0.05, 0.1) is 11.4 Å². The highest BCUT2D eigenvalue weighted by Crippen LogP contribution is 2.28. The number of hydrogen-bond donors (Lipinski definition) is 1. The number of carbonyl (C=O) groups is 1. The van der Waals surface area contributed by atoms with E-state index in [0.29, 0.717) is 29.6 Å². The average Bonchev–Trinajstić information content (AvgIpc) is 3.45. The van der Waals surface area contributed by atoms with Crippen LogP contribution in [0.15, 0.2) is 46.6 Å². The Morgan fingerprint density at radius 2 is 1.93 bits per heavy atom. The van der Waals surface area contributed by atoms with E-state index in [-0.39, 0.29) is 17.5 Å². The second-order valence-corrected chi connectivity index (χ2v) is 8.39. The minimum Gasteiger partial charge on any atom is -0.349 e. The topological polar surface area (TPSA) is 67.2 Å². The number of nitrogens with one attached hydrogen (secondary N) is 1. The molecule has 29 heavy (non-hydrogen) atoms. The van der Waals surface area contributed by atoms with E-state index in [9.17, 15) is 9.59 Å². The van der Waals surface area contributed by atoms with Gasteiger partial charge in [0.25, 0.3) is 11.5 Å². The van der Waals surface area contributed by atoms with Crippen molar-refractivity contribution < 1.29 is 4.79 Å². The molecule has 0 aliphatic carbocycles. The van der Waals surface area contributed by atoms with Gasteiger partial charge < -0.3 is 5.32 Å². The van der Waals surface area contributed by atoms with Crippen LogP contribution in [0.4, 0.5) is 0 Å². The molecule has 1 saturated heterocycles. The molecule has 0 spiro atoms. The van der Waals surface area contributed by atoms with Crippen molar-refractivity contribution in [3.63, 3.8) is 0 Å². The lowest BCUT2D eigenvalue weighted by Gasteiger charge is -2.27. The third-order valence-electron chi connectivity index (χ3n) is 5.43. The molecule has 1 atom stereocenters. The zero-order chi connectivity index (χ0) is 20.2. The van der Waals surface area contributed by atoms with Crippen molar-refractivity contribution in [1.29, 1.82) is 0 Å². The number of aromatic nitrogens is 2. The molecule has 1 amide bonds. The van der Waals surface area contributed by atoms with Crippen LogP contribution in [0.3, 0.4) is 0 Å². The number of likely N-dealkylation sites (tertiary alicyclic amines) is 1. The largest absolute Gasteiger partial charge is 0.349 e. The smallest absolute Gasteiger partial charge is 0.274 e. The monoisotopic (exact) mass is 410 g/mol. The van der Waals surface area contributed by atoms with Crippen LogP contribution in [0.25, 0.3) is 10.8 Å². The van der Waals surface area contributed by atoms with Crippen molar-refractivity contribution in [1.82, 2.24) is 20.0 Å². The number of fused-ring (bicyclic) bond motifs is 1. The number of nitrogens with zero attached hydrogens (tertiary/aromatic N) is 3. The molecule has 1 N–H and O–H groups in total. The van der Waals surface area contributed by atoms with Gasteiger partial charge in [0, 0.05) is 23.4 Å². The molecule has 152 valence electrons. The second-order valence-electron chi connectivity index (χ2n) is 7.41. The van der Waals surface area contributed by atoms with E-state index in [1.54, 1.807) is 23.5 Å². The Morgan fingerprint density at radius 3 is 2.62 bits per heavy atom. The van der Waals surface area contributed by atoms with Crippen LogP contribution < -0.4 is 10.9 Å². The first-order chi connectivity index (χ1) is 14.2. The Balaban J connectivity index is 1.61. The zero-order valence-corrected chi connectivity index (χ0v) is 17.5. The first kappa shape index (κ1) is 19.8. The first-order valence-corrected chi connectivity index (χ1v) is 11.1. The van der Waals surface area contributed by atoms with Crippen molar-refractivity contribution >= 4 is 28.0 Å². The molecule has 1 unspecified atom stereocenters. The standard InChI is InChI=1S/C22H26N4O2S/c1-2-11-26-22(28)17-9-4-3-8-16(17)20(24-26)21(27)23-15-18(19-10-7-14-29-19)25-12-5-6-13-25/h3-4,7-10,14,18H,2,5-6,11-13,15H2,1H3,(H,23,27). The molecule has 1 aliphatic heterocycles. The molecule has 0 radical (unpaired) electrons. The fourth-order valence-electron chi connectivity index (χ4n) is 3.98. The van der Waals surface area contributed by atoms with Gasteiger partial charge in [-0.2, -0.15) is 5.10 Å². The maximum atomic E-state index is 13.1. The van der Waals surface area contributed by atoms with E-state index < -0.39 is 0 Å². The van der Waals surface area contributed by atoms with Crippen molar-refractivity contribution in [2.45, 2.75) is 38.8 Å². The van der Waals surface area contributed by atoms with Crippen LogP contribution >= 0.6 is 11.3 Å². The highest BCUT2D eigenvalue weighted by atomic mass is 32.1. The Morgan fingerprint density at radius 1 is 1.17 bits per heavy atom. The van der Waals surface area contributed by atoms with Crippen LogP contribution in [0.5, 0.6) is 0 Å². The van der Waals surface area contributed by atoms with Gasteiger partial charge in [-0.15, -0.1) is 11.3 Å². The van der Waals surface area contributed by atoms with Gasteiger partial charge in [0.2, 0.25) is 0 Å². The van der Waals surface area contributed by atoms with Gasteiger partial charge >= 0.3 is 0 Å². The van der Waals surface area contributed by atoms with Crippen LogP contribution in [-0.4, -0.2) is 40.2 Å². The zero-order valence-electron chi connectivity index (χ0n) is 16.6. The first-order valence-electron chi connectivity index (χ1n) is 10.2. The van der Waals surface area contributed by atoms with Gasteiger partial charge in [0.1, 0.15) is 0 Å². The van der Waals surface area contributed by atoms with Crippen LogP contribution in [0, 0.1) is 0 Å². The Hall–Kier alpha value is -2.51. The Labute approximate surface area is 174 Å². The highest BCUT2D eigenvalue weighted by Gasteiger charge is 2.25. The molecule has 3 heterocycles. The Bertz CT molecular complexity index is 1040. The average molecular weight is 411 g/mol. The predicted octanol–water partition coefficient (Wildman–Crippen LogP) is 3.43. The van der Waals surface area contributed by atoms with Crippen LogP contribution in [0.2, 0.25) is 0 Å². The predicted molar refractivity (Wildman–Crippen MR) is 116 cm³/mol. The van der Waals surface area contributed by atoms with E-state index in [1.807, 2.05) is 19.1 Å². The normalized spacial score (nSPS) is 15.6. The summed E-state index contributed by atoms with van der Waals surface area (Å²) < 4.78 is 1.41. The number of thiophene rings is 1. The summed E-state index contributed by atoms with van der Waals surface area (Å²) in [6, 6.07) is 11.6. The molecule has 2 aromatic heterocycles. The summed E-state index contributed by atoms with van der Waals surface area (Å²) in [6.07, 6.45) is 3.18. The summed E-state index contributed by atoms with van der Waals surface area (Å²) in [7, 11) is 0. The molecular weight excluding hydrogens is 384 g/mol. The van der Waals surface area contributed by atoms with Gasteiger partial charge in [0.15, 0.2) is 5.69 Å². The second kappa shape index (κ2) is 8.88. The van der Waals surface area contributed by atoms with Gasteiger partial charge in [-0.25, -0.2) is 4.68 Å². The molecule has 3 aromatic rings. The highest BCUT2D eigenvalue weighted by molar-refractivity contribution is 7.10. The van der Waals surface area contributed by atoms with Crippen LogP contribution in [0.1, 0.15) is 47.6 Å². The summed E-state index contributed by atoms with van der Waals surface area (Å²) in [5, 5.41) is 10.7. The molecule has 7 heteroatoms. The molecule has 4 rings (SSSR count). The SMILES string of the molecule is CCCn1nc(C(=O)NCC(c2cccs2)N2CCCC2)c2ccccc2c1=O. The lowest BCUT2D eigenvalue weighted by Crippen LogP contribution is -2.37. The summed E-state index contributed by atoms with van der Waals surface area (Å²) in [5.41, 5.74) is 0.174. The minimum atomic E-state index is -0.230. The van der Waals surface area contributed by atoms with Crippen LogP contribution in [-0.2, 0) is 6.54 Å². The number of aryl methyl sites for hydroxylation is 1. The third kappa shape index (κ3) is 4.11. The molecule has 1 aliphatic rings. The molecule has 1 aromatic carbocycles. The summed E-state index contributed by atoms with van der Waals surface area (Å²) >= 11 is 1.72. The lowest BCUT2D eigenvalue weighted by atomic mass is 10.1. The lowest BCUT2D eigenvalue weighted by molar-refractivity contribution is 0.0933. The number of hydrogen-bond acceptors (Lipinski definition) is 5. The van der Waals surface area contributed by atoms with Crippen molar-refractivity contribution in [3.8, 4) is 0 Å². The van der Waals surface area contributed by atoms with E-state index in [0.717, 1.165) is 19.5 Å². The summed E-state index contributed by atoms with van der Waals surface area (Å²) in [6.45, 7) is 5.13. The molecular formula is C22H26N4O2S. The Kier molecular flexibility index (Phi) is 6.06. The van der Waals surface area contributed by atoms with Gasteiger partial charge in [-0.1, -0.05) is 31.2 Å². The molecule has 1 fully saturated rings. The molecule has 0 saturated carbocycles. The number of carbonyl (C=O) groups excluding carboxylic acids is 1. The fourth-order valence-corrected chi connectivity index (χ4v) is 4.84. The maximum absolute atomic E-state index is 13.1. The fraction of sp³-hybridized carbons (Fsp3) is 0.409. The quantitative estimate of drug-likeness (QED) is 0.648. The van der Waals surface area contributed by atoms with Crippen molar-refractivity contribution in [2.24, 2.45) is 0 Å². The number of amides is 1. The number of benzene rings is 1. The minimum absolute atomic E-state index is 0.146. The van der Waals surface area contributed by atoms with Gasteiger partial charge in [-0.3, -0.25) is 14.5 Å². The molecule has 0 bridgehead atoms. The van der Waals surface area contributed by atoms with Crippen molar-refractivity contribution in [2.75, 3.05) is 19.6 Å². The van der Waals surface area contributed by atoms with E-state index in [2.05, 4.69) is 32.8 Å².